The molecule has 0 aliphatic heterocycles. The smallest absolute Gasteiger partial charge is 0.223 e. The van der Waals surface area contributed by atoms with Crippen LogP contribution in [0.4, 0.5) is 0 Å². The molecule has 0 atom stereocenters. The average Bonchev–Trinajstić information content (AvgIpc) is 3.38. The van der Waals surface area contributed by atoms with Crippen LogP contribution in [0.2, 0.25) is 0 Å². The summed E-state index contributed by atoms with van der Waals surface area (Å²) < 4.78 is 9.18. The van der Waals surface area contributed by atoms with Gasteiger partial charge in [0, 0.05) is 23.0 Å². The van der Waals surface area contributed by atoms with E-state index in [1.165, 1.54) is 0 Å². The fourth-order valence-corrected chi connectivity index (χ4v) is 2.72. The SMILES string of the molecule is CC(C)(C)c1ncn(-c2cccc(Oc3cccc(-n4cnc(C(C)(C)C)n4)n3)n2)n1. The van der Waals surface area contributed by atoms with Gasteiger partial charge in [-0.3, -0.25) is 0 Å². The molecule has 4 aromatic rings. The van der Waals surface area contributed by atoms with E-state index in [4.69, 9.17) is 4.74 Å². The fourth-order valence-electron chi connectivity index (χ4n) is 2.72. The molecule has 9 nitrogen and oxygen atoms in total. The lowest BCUT2D eigenvalue weighted by Crippen LogP contribution is -2.14. The van der Waals surface area contributed by atoms with Gasteiger partial charge in [-0.25, -0.2) is 19.3 Å². The van der Waals surface area contributed by atoms with Crippen LogP contribution >= 0.6 is 0 Å². The summed E-state index contributed by atoms with van der Waals surface area (Å²) in [5, 5.41) is 9.06. The Morgan fingerprint density at radius 1 is 0.645 bits per heavy atom. The summed E-state index contributed by atoms with van der Waals surface area (Å²) >= 11 is 0. The Morgan fingerprint density at radius 3 is 1.42 bits per heavy atom. The predicted molar refractivity (Wildman–Crippen MR) is 116 cm³/mol. The molecule has 9 heteroatoms. The standard InChI is InChI=1S/C22H26N8O/c1-21(2,3)19-23-13-29(27-19)15-9-7-11-17(25-15)31-18-12-8-10-16(26-18)30-14-24-20(28-30)22(4,5)6/h7-14H,1-6H3. The van der Waals surface area contributed by atoms with Gasteiger partial charge in [0.2, 0.25) is 11.8 Å². The number of aromatic nitrogens is 8. The Kier molecular flexibility index (Phi) is 5.04. The van der Waals surface area contributed by atoms with E-state index in [1.54, 1.807) is 34.2 Å². The minimum atomic E-state index is -0.141. The van der Waals surface area contributed by atoms with Crippen molar-refractivity contribution in [1.29, 1.82) is 0 Å². The van der Waals surface area contributed by atoms with E-state index in [2.05, 4.69) is 71.7 Å². The van der Waals surface area contributed by atoms with Gasteiger partial charge in [-0.15, -0.1) is 10.2 Å². The Balaban J connectivity index is 1.56. The first kappa shape index (κ1) is 20.6. The lowest BCUT2D eigenvalue weighted by molar-refractivity contribution is 0.442. The van der Waals surface area contributed by atoms with Crippen molar-refractivity contribution >= 4 is 0 Å². The highest BCUT2D eigenvalue weighted by molar-refractivity contribution is 5.31. The third-order valence-electron chi connectivity index (χ3n) is 4.42. The molecule has 4 aromatic heterocycles. The molecule has 0 N–H and O–H groups in total. The minimum absolute atomic E-state index is 0.141. The third-order valence-corrected chi connectivity index (χ3v) is 4.42. The van der Waals surface area contributed by atoms with Gasteiger partial charge in [-0.05, 0) is 12.1 Å². The summed E-state index contributed by atoms with van der Waals surface area (Å²) in [6, 6.07) is 10.9. The van der Waals surface area contributed by atoms with Gasteiger partial charge >= 0.3 is 0 Å². The topological polar surface area (TPSA) is 96.4 Å². The first-order chi connectivity index (χ1) is 14.6. The molecule has 160 valence electrons. The van der Waals surface area contributed by atoms with Crippen LogP contribution in [0.1, 0.15) is 53.2 Å². The molecule has 31 heavy (non-hydrogen) atoms. The average molecular weight is 419 g/mol. The van der Waals surface area contributed by atoms with Gasteiger partial charge in [0.1, 0.15) is 12.7 Å². The molecule has 4 heterocycles. The van der Waals surface area contributed by atoms with Crippen molar-refractivity contribution in [2.45, 2.75) is 52.4 Å². The largest absolute Gasteiger partial charge is 0.421 e. The second kappa shape index (κ2) is 7.57. The van der Waals surface area contributed by atoms with Crippen molar-refractivity contribution in [3.05, 3.63) is 60.7 Å². The lowest BCUT2D eigenvalue weighted by Gasteiger charge is -2.12. The number of rotatable bonds is 4. The molecule has 0 unspecified atom stereocenters. The molecule has 0 saturated carbocycles. The van der Waals surface area contributed by atoms with Gasteiger partial charge in [0.15, 0.2) is 23.3 Å². The minimum Gasteiger partial charge on any atom is -0.421 e. The lowest BCUT2D eigenvalue weighted by atomic mass is 9.96. The van der Waals surface area contributed by atoms with E-state index in [1.807, 2.05) is 24.3 Å². The highest BCUT2D eigenvalue weighted by Crippen LogP contribution is 2.22. The highest BCUT2D eigenvalue weighted by Gasteiger charge is 2.20. The maximum absolute atomic E-state index is 5.91. The zero-order chi connectivity index (χ0) is 22.2. The van der Waals surface area contributed by atoms with Gasteiger partial charge < -0.3 is 4.74 Å². The second-order valence-corrected chi connectivity index (χ2v) is 9.30. The summed E-state index contributed by atoms with van der Waals surface area (Å²) in [7, 11) is 0. The monoisotopic (exact) mass is 418 g/mol. The van der Waals surface area contributed by atoms with Crippen LogP contribution in [0.15, 0.2) is 49.1 Å². The Hall–Kier alpha value is -3.62. The Morgan fingerprint density at radius 2 is 1.06 bits per heavy atom. The molecular formula is C22H26N8O. The number of hydrogen-bond acceptors (Lipinski definition) is 7. The van der Waals surface area contributed by atoms with Crippen LogP contribution in [0.25, 0.3) is 11.6 Å². The number of hydrogen-bond donors (Lipinski definition) is 0. The molecule has 0 aromatic carbocycles. The van der Waals surface area contributed by atoms with E-state index >= 15 is 0 Å². The summed E-state index contributed by atoms with van der Waals surface area (Å²) in [4.78, 5) is 17.8. The maximum atomic E-state index is 5.91. The van der Waals surface area contributed by atoms with Crippen LogP contribution in [-0.2, 0) is 10.8 Å². The van der Waals surface area contributed by atoms with Crippen LogP contribution < -0.4 is 4.74 Å². The summed E-state index contributed by atoms with van der Waals surface area (Å²) in [5.41, 5.74) is -0.282. The summed E-state index contributed by atoms with van der Waals surface area (Å²) in [6.45, 7) is 12.4. The molecule has 0 bridgehead atoms. The van der Waals surface area contributed by atoms with Gasteiger partial charge in [-0.2, -0.15) is 9.97 Å². The fraction of sp³-hybridized carbons (Fsp3) is 0.364. The normalized spacial score (nSPS) is 12.2. The molecular weight excluding hydrogens is 392 g/mol. The van der Waals surface area contributed by atoms with Crippen LogP contribution in [0.5, 0.6) is 11.8 Å². The van der Waals surface area contributed by atoms with Crippen molar-refractivity contribution in [3.8, 4) is 23.4 Å². The molecule has 0 aliphatic rings. The van der Waals surface area contributed by atoms with E-state index in [0.29, 0.717) is 23.4 Å². The zero-order valence-electron chi connectivity index (χ0n) is 18.6. The second-order valence-electron chi connectivity index (χ2n) is 9.30. The van der Waals surface area contributed by atoms with E-state index < -0.39 is 0 Å². The van der Waals surface area contributed by atoms with E-state index in [-0.39, 0.29) is 10.8 Å². The predicted octanol–water partition coefficient (Wildman–Crippen LogP) is 4.03. The summed E-state index contributed by atoms with van der Waals surface area (Å²) in [6.07, 6.45) is 3.31. The van der Waals surface area contributed by atoms with Crippen molar-refractivity contribution in [2.75, 3.05) is 0 Å². The Bertz CT molecular complexity index is 1100. The maximum Gasteiger partial charge on any atom is 0.223 e. The molecule has 0 radical (unpaired) electrons. The van der Waals surface area contributed by atoms with Crippen molar-refractivity contribution in [3.63, 3.8) is 0 Å². The van der Waals surface area contributed by atoms with Gasteiger partial charge in [-0.1, -0.05) is 53.7 Å². The molecule has 0 saturated heterocycles. The highest BCUT2D eigenvalue weighted by atomic mass is 16.5. The van der Waals surface area contributed by atoms with Gasteiger partial charge in [0.05, 0.1) is 0 Å². The zero-order valence-corrected chi connectivity index (χ0v) is 18.6. The van der Waals surface area contributed by atoms with E-state index in [9.17, 15) is 0 Å². The van der Waals surface area contributed by atoms with Crippen molar-refractivity contribution in [1.82, 2.24) is 39.5 Å². The quantitative estimate of drug-likeness (QED) is 0.494. The Labute approximate surface area is 181 Å². The van der Waals surface area contributed by atoms with Gasteiger partial charge in [0.25, 0.3) is 0 Å². The molecule has 0 amide bonds. The number of ether oxygens (including phenoxy) is 1. The van der Waals surface area contributed by atoms with Crippen molar-refractivity contribution < 1.29 is 4.74 Å². The first-order valence-corrected chi connectivity index (χ1v) is 10.1. The summed E-state index contributed by atoms with van der Waals surface area (Å²) in [5.74, 6) is 3.54. The molecule has 4 rings (SSSR count). The first-order valence-electron chi connectivity index (χ1n) is 10.1. The third kappa shape index (κ3) is 4.60. The van der Waals surface area contributed by atoms with E-state index in [0.717, 1.165) is 11.6 Å². The molecule has 0 spiro atoms. The van der Waals surface area contributed by atoms with Crippen LogP contribution in [0.3, 0.4) is 0 Å². The van der Waals surface area contributed by atoms with Crippen LogP contribution in [-0.4, -0.2) is 39.5 Å². The van der Waals surface area contributed by atoms with Crippen molar-refractivity contribution in [2.24, 2.45) is 0 Å². The molecule has 0 fully saturated rings. The van der Waals surface area contributed by atoms with Crippen LogP contribution in [0, 0.1) is 0 Å². The molecule has 0 aliphatic carbocycles. The number of pyridine rings is 2. The number of nitrogens with zero attached hydrogens (tertiary/aromatic N) is 8.